The van der Waals surface area contributed by atoms with Crippen LogP contribution >= 0.6 is 11.6 Å². The number of aromatic nitrogens is 1. The molecule has 0 spiro atoms. The molecule has 0 unspecified atom stereocenters. The maximum absolute atomic E-state index is 12.3. The summed E-state index contributed by atoms with van der Waals surface area (Å²) in [6.07, 6.45) is 4.00. The van der Waals surface area contributed by atoms with Crippen molar-refractivity contribution in [2.24, 2.45) is 0 Å². The summed E-state index contributed by atoms with van der Waals surface area (Å²) in [5.74, 6) is 0. The van der Waals surface area contributed by atoms with Crippen molar-refractivity contribution >= 4 is 21.6 Å². The van der Waals surface area contributed by atoms with E-state index in [1.54, 1.807) is 0 Å². The number of pyridine rings is 1. The molecule has 3 heterocycles. The van der Waals surface area contributed by atoms with Gasteiger partial charge in [0.05, 0.1) is 6.61 Å². The molecule has 122 valence electrons. The second-order valence-electron chi connectivity index (χ2n) is 5.77. The molecule has 2 saturated heterocycles. The van der Waals surface area contributed by atoms with Crippen LogP contribution in [0.1, 0.15) is 19.3 Å². The van der Waals surface area contributed by atoms with Gasteiger partial charge in [-0.3, -0.25) is 4.90 Å². The molecule has 6 nitrogen and oxygen atoms in total. The van der Waals surface area contributed by atoms with Gasteiger partial charge < -0.3 is 4.74 Å². The molecule has 1 aromatic heterocycles. The molecule has 0 saturated carbocycles. The van der Waals surface area contributed by atoms with Gasteiger partial charge in [0.15, 0.2) is 0 Å². The van der Waals surface area contributed by atoms with Crippen LogP contribution < -0.4 is 4.72 Å². The zero-order valence-electron chi connectivity index (χ0n) is 12.2. The molecular weight excluding hydrogens is 326 g/mol. The predicted octanol–water partition coefficient (Wildman–Crippen LogP) is 1.27. The number of nitrogens with zero attached hydrogens (tertiary/aromatic N) is 2. The molecular formula is C14H20ClN3O3S. The van der Waals surface area contributed by atoms with Crippen LogP contribution in [0.15, 0.2) is 23.2 Å². The number of likely N-dealkylation sites (tertiary alicyclic amines) is 1. The molecule has 1 aromatic rings. The highest BCUT2D eigenvalue weighted by Crippen LogP contribution is 2.20. The van der Waals surface area contributed by atoms with Crippen molar-refractivity contribution in [1.29, 1.82) is 0 Å². The minimum atomic E-state index is -3.53. The first-order valence-corrected chi connectivity index (χ1v) is 9.36. The zero-order chi connectivity index (χ0) is 15.6. The largest absolute Gasteiger partial charge is 0.380 e. The first-order valence-electron chi connectivity index (χ1n) is 7.50. The Balaban J connectivity index is 1.56. The Morgan fingerprint density at radius 2 is 2.05 bits per heavy atom. The highest BCUT2D eigenvalue weighted by Gasteiger charge is 2.29. The van der Waals surface area contributed by atoms with Gasteiger partial charge in [-0.2, -0.15) is 0 Å². The van der Waals surface area contributed by atoms with Gasteiger partial charge in [0.25, 0.3) is 0 Å². The molecule has 0 aliphatic carbocycles. The Bertz CT molecular complexity index is 594. The van der Waals surface area contributed by atoms with Gasteiger partial charge in [-0.25, -0.2) is 18.1 Å². The fourth-order valence-corrected chi connectivity index (χ4v) is 4.36. The van der Waals surface area contributed by atoms with E-state index in [0.29, 0.717) is 6.04 Å². The first-order chi connectivity index (χ1) is 10.5. The Morgan fingerprint density at radius 1 is 1.27 bits per heavy atom. The fraction of sp³-hybridized carbons (Fsp3) is 0.643. The maximum Gasteiger partial charge on any atom is 0.242 e. The molecule has 2 aliphatic heterocycles. The molecule has 1 N–H and O–H groups in total. The number of hydrogen-bond donors (Lipinski definition) is 1. The number of piperidine rings is 1. The standard InChI is InChI=1S/C14H20ClN3O3S/c15-14-2-1-13(9-16-14)22(19,20)17-11-3-6-18(7-4-11)12-5-8-21-10-12/h1-2,9,11-12,17H,3-8,10H2/t12-/m1/s1. The molecule has 0 radical (unpaired) electrons. The smallest absolute Gasteiger partial charge is 0.242 e. The third-order valence-corrected chi connectivity index (χ3v) is 6.01. The highest BCUT2D eigenvalue weighted by molar-refractivity contribution is 7.89. The van der Waals surface area contributed by atoms with E-state index >= 15 is 0 Å². The summed E-state index contributed by atoms with van der Waals surface area (Å²) >= 11 is 5.69. The summed E-state index contributed by atoms with van der Waals surface area (Å²) in [5.41, 5.74) is 0. The van der Waals surface area contributed by atoms with Gasteiger partial charge in [0, 0.05) is 38.0 Å². The SMILES string of the molecule is O=S(=O)(NC1CCN([C@@H]2CCOC2)CC1)c1ccc(Cl)nc1. The normalized spacial score (nSPS) is 24.7. The molecule has 2 aliphatic rings. The zero-order valence-corrected chi connectivity index (χ0v) is 13.8. The van der Waals surface area contributed by atoms with E-state index in [9.17, 15) is 8.42 Å². The van der Waals surface area contributed by atoms with Crippen molar-refractivity contribution in [2.75, 3.05) is 26.3 Å². The van der Waals surface area contributed by atoms with Crippen molar-refractivity contribution in [3.8, 4) is 0 Å². The average Bonchev–Trinajstić information content (AvgIpc) is 3.02. The monoisotopic (exact) mass is 345 g/mol. The fourth-order valence-electron chi connectivity index (χ4n) is 3.00. The van der Waals surface area contributed by atoms with Crippen LogP contribution in [0.4, 0.5) is 0 Å². The van der Waals surface area contributed by atoms with Gasteiger partial charge in [0.2, 0.25) is 10.0 Å². The second kappa shape index (κ2) is 6.80. The lowest BCUT2D eigenvalue weighted by molar-refractivity contribution is 0.120. The number of nitrogens with one attached hydrogen (secondary N) is 1. The van der Waals surface area contributed by atoms with Crippen molar-refractivity contribution in [3.05, 3.63) is 23.5 Å². The highest BCUT2D eigenvalue weighted by atomic mass is 35.5. The van der Waals surface area contributed by atoms with Crippen LogP contribution in [0.3, 0.4) is 0 Å². The van der Waals surface area contributed by atoms with E-state index in [4.69, 9.17) is 16.3 Å². The molecule has 0 aromatic carbocycles. The van der Waals surface area contributed by atoms with E-state index in [-0.39, 0.29) is 16.1 Å². The van der Waals surface area contributed by atoms with Crippen molar-refractivity contribution < 1.29 is 13.2 Å². The van der Waals surface area contributed by atoms with Gasteiger partial charge in [0.1, 0.15) is 10.0 Å². The quantitative estimate of drug-likeness (QED) is 0.832. The predicted molar refractivity (Wildman–Crippen MR) is 83.4 cm³/mol. The van der Waals surface area contributed by atoms with E-state index < -0.39 is 10.0 Å². The number of ether oxygens (including phenoxy) is 1. The topological polar surface area (TPSA) is 71.5 Å². The number of halogens is 1. The number of hydrogen-bond acceptors (Lipinski definition) is 5. The van der Waals surface area contributed by atoms with Crippen molar-refractivity contribution in [1.82, 2.24) is 14.6 Å². The van der Waals surface area contributed by atoms with E-state index in [1.165, 1.54) is 18.3 Å². The maximum atomic E-state index is 12.3. The van der Waals surface area contributed by atoms with Crippen LogP contribution in [0.5, 0.6) is 0 Å². The summed E-state index contributed by atoms with van der Waals surface area (Å²) < 4.78 is 32.8. The van der Waals surface area contributed by atoms with E-state index in [2.05, 4.69) is 14.6 Å². The van der Waals surface area contributed by atoms with Gasteiger partial charge in [-0.1, -0.05) is 11.6 Å². The third kappa shape index (κ3) is 3.78. The van der Waals surface area contributed by atoms with Crippen molar-refractivity contribution in [2.45, 2.75) is 36.2 Å². The Morgan fingerprint density at radius 3 is 2.64 bits per heavy atom. The lowest BCUT2D eigenvalue weighted by atomic mass is 10.0. The lowest BCUT2D eigenvalue weighted by Gasteiger charge is -2.35. The molecule has 2 fully saturated rings. The van der Waals surface area contributed by atoms with Gasteiger partial charge in [-0.15, -0.1) is 0 Å². The van der Waals surface area contributed by atoms with Gasteiger partial charge >= 0.3 is 0 Å². The van der Waals surface area contributed by atoms with Crippen LogP contribution in [0, 0.1) is 0 Å². The van der Waals surface area contributed by atoms with Crippen LogP contribution in [-0.4, -0.2) is 56.7 Å². The Hall–Kier alpha value is -0.730. The summed E-state index contributed by atoms with van der Waals surface area (Å²) in [4.78, 5) is 6.39. The molecule has 8 heteroatoms. The molecule has 3 rings (SSSR count). The summed E-state index contributed by atoms with van der Waals surface area (Å²) in [7, 11) is -3.53. The van der Waals surface area contributed by atoms with Gasteiger partial charge in [-0.05, 0) is 31.4 Å². The van der Waals surface area contributed by atoms with Crippen LogP contribution in [-0.2, 0) is 14.8 Å². The Labute approximate surface area is 135 Å². The Kier molecular flexibility index (Phi) is 4.99. The van der Waals surface area contributed by atoms with Crippen LogP contribution in [0.2, 0.25) is 5.15 Å². The summed E-state index contributed by atoms with van der Waals surface area (Å²) in [5, 5.41) is 0.283. The first kappa shape index (κ1) is 16.1. The lowest BCUT2D eigenvalue weighted by Crippen LogP contribution is -2.48. The van der Waals surface area contributed by atoms with E-state index in [0.717, 1.165) is 45.6 Å². The second-order valence-corrected chi connectivity index (χ2v) is 7.87. The summed E-state index contributed by atoms with van der Waals surface area (Å²) in [6.45, 7) is 3.44. The summed E-state index contributed by atoms with van der Waals surface area (Å²) in [6, 6.07) is 3.43. The molecule has 22 heavy (non-hydrogen) atoms. The van der Waals surface area contributed by atoms with Crippen molar-refractivity contribution in [3.63, 3.8) is 0 Å². The third-order valence-electron chi connectivity index (χ3n) is 4.28. The number of sulfonamides is 1. The molecule has 1 atom stereocenters. The molecule has 0 amide bonds. The van der Waals surface area contributed by atoms with Crippen LogP contribution in [0.25, 0.3) is 0 Å². The minimum absolute atomic E-state index is 0.0285. The van der Waals surface area contributed by atoms with E-state index in [1.807, 2.05) is 0 Å². The average molecular weight is 346 g/mol. The molecule has 0 bridgehead atoms. The number of rotatable bonds is 4. The minimum Gasteiger partial charge on any atom is -0.380 e.